The maximum absolute atomic E-state index is 12.9. The van der Waals surface area contributed by atoms with E-state index in [-0.39, 0.29) is 31.1 Å². The fourth-order valence-electron chi connectivity index (χ4n) is 9.37. The lowest BCUT2D eigenvalue weighted by atomic mass is 10.0. The van der Waals surface area contributed by atoms with Crippen molar-refractivity contribution in [3.8, 4) is 0 Å². The molecule has 0 amide bonds. The van der Waals surface area contributed by atoms with E-state index in [1.807, 2.05) is 0 Å². The molecule has 1 unspecified atom stereocenters. The molecule has 6 nitrogen and oxygen atoms in total. The maximum atomic E-state index is 12.9. The Morgan fingerprint density at radius 3 is 0.838 bits per heavy atom. The van der Waals surface area contributed by atoms with E-state index in [4.69, 9.17) is 14.2 Å². The molecule has 74 heavy (non-hydrogen) atoms. The van der Waals surface area contributed by atoms with Crippen LogP contribution in [-0.4, -0.2) is 37.2 Å². The predicted octanol–water partition coefficient (Wildman–Crippen LogP) is 21.9. The van der Waals surface area contributed by atoms with Gasteiger partial charge in [-0.05, 0) is 83.5 Å². The molecule has 0 saturated carbocycles. The van der Waals surface area contributed by atoms with Crippen LogP contribution in [0.2, 0.25) is 0 Å². The van der Waals surface area contributed by atoms with Crippen LogP contribution in [0.4, 0.5) is 0 Å². The van der Waals surface area contributed by atoms with Gasteiger partial charge in [0.2, 0.25) is 0 Å². The first-order chi connectivity index (χ1) is 36.5. The summed E-state index contributed by atoms with van der Waals surface area (Å²) in [5, 5.41) is 0. The molecule has 0 aliphatic rings. The Kier molecular flexibility index (Phi) is 60.2. The number of unbranched alkanes of at least 4 members (excludes halogenated alkanes) is 38. The largest absolute Gasteiger partial charge is 0.462 e. The Morgan fingerprint density at radius 1 is 0.270 bits per heavy atom. The molecule has 0 saturated heterocycles. The molecule has 0 heterocycles. The molecular weight excluding hydrogens is 913 g/mol. The molecule has 0 N–H and O–H groups in total. The summed E-state index contributed by atoms with van der Waals surface area (Å²) >= 11 is 0. The molecule has 0 aromatic heterocycles. The van der Waals surface area contributed by atoms with Crippen LogP contribution in [0.25, 0.3) is 0 Å². The summed E-state index contributed by atoms with van der Waals surface area (Å²) in [6.45, 7) is 6.57. The molecule has 6 heteroatoms. The molecule has 0 aromatic carbocycles. The van der Waals surface area contributed by atoms with Gasteiger partial charge in [0, 0.05) is 19.3 Å². The molecule has 1 atom stereocenters. The maximum Gasteiger partial charge on any atom is 0.306 e. The molecule has 0 rings (SSSR count). The average Bonchev–Trinajstić information content (AvgIpc) is 3.40. The molecule has 0 aliphatic heterocycles. The number of hydrogen-bond acceptors (Lipinski definition) is 6. The van der Waals surface area contributed by atoms with E-state index in [0.29, 0.717) is 19.3 Å². The number of carbonyl (C=O) groups is 3. The van der Waals surface area contributed by atoms with Crippen LogP contribution in [-0.2, 0) is 28.6 Å². The fraction of sp³-hybridized carbons (Fsp3) is 0.809. The van der Waals surface area contributed by atoms with Crippen LogP contribution < -0.4 is 0 Å². The highest BCUT2D eigenvalue weighted by Crippen LogP contribution is 2.17. The number of rotatable bonds is 59. The van der Waals surface area contributed by atoms with Gasteiger partial charge < -0.3 is 14.2 Å². The zero-order chi connectivity index (χ0) is 53.6. The quantitative estimate of drug-likeness (QED) is 0.0261. The highest BCUT2D eigenvalue weighted by atomic mass is 16.6. The van der Waals surface area contributed by atoms with Gasteiger partial charge >= 0.3 is 17.9 Å². The van der Waals surface area contributed by atoms with Gasteiger partial charge in [-0.3, -0.25) is 14.4 Å². The summed E-state index contributed by atoms with van der Waals surface area (Å²) in [5.41, 5.74) is 0. The molecular formula is C68H122O6. The number of hydrogen-bond donors (Lipinski definition) is 0. The molecule has 0 fully saturated rings. The van der Waals surface area contributed by atoms with Gasteiger partial charge in [0.05, 0.1) is 0 Å². The Morgan fingerprint density at radius 2 is 0.514 bits per heavy atom. The van der Waals surface area contributed by atoms with E-state index in [0.717, 1.165) is 109 Å². The zero-order valence-corrected chi connectivity index (χ0v) is 49.4. The second-order valence-electron chi connectivity index (χ2n) is 21.7. The van der Waals surface area contributed by atoms with Gasteiger partial charge in [0.25, 0.3) is 0 Å². The summed E-state index contributed by atoms with van der Waals surface area (Å²) in [6, 6.07) is 0. The number of carbonyl (C=O) groups excluding carboxylic acids is 3. The van der Waals surface area contributed by atoms with Gasteiger partial charge in [0.15, 0.2) is 6.10 Å². The monoisotopic (exact) mass is 1030 g/mol. The van der Waals surface area contributed by atoms with Crippen molar-refractivity contribution in [2.24, 2.45) is 0 Å². The van der Waals surface area contributed by atoms with Crippen LogP contribution in [0.5, 0.6) is 0 Å². The van der Waals surface area contributed by atoms with Crippen LogP contribution in [0, 0.1) is 0 Å². The van der Waals surface area contributed by atoms with Gasteiger partial charge in [-0.2, -0.15) is 0 Å². The number of ether oxygens (including phenoxy) is 3. The second-order valence-corrected chi connectivity index (χ2v) is 21.7. The zero-order valence-electron chi connectivity index (χ0n) is 49.4. The first-order valence-electron chi connectivity index (χ1n) is 32.3. The Balaban J connectivity index is 4.29. The molecule has 430 valence electrons. The van der Waals surface area contributed by atoms with Crippen molar-refractivity contribution in [1.29, 1.82) is 0 Å². The smallest absolute Gasteiger partial charge is 0.306 e. The van der Waals surface area contributed by atoms with Crippen LogP contribution in [0.15, 0.2) is 60.8 Å². The highest BCUT2D eigenvalue weighted by Gasteiger charge is 2.19. The van der Waals surface area contributed by atoms with Crippen molar-refractivity contribution in [2.75, 3.05) is 13.2 Å². The van der Waals surface area contributed by atoms with E-state index in [9.17, 15) is 14.4 Å². The minimum Gasteiger partial charge on any atom is -0.462 e. The van der Waals surface area contributed by atoms with E-state index in [1.165, 1.54) is 186 Å². The van der Waals surface area contributed by atoms with Crippen molar-refractivity contribution < 1.29 is 28.6 Å². The summed E-state index contributed by atoms with van der Waals surface area (Å²) < 4.78 is 16.9. The Hall–Kier alpha value is -2.89. The SMILES string of the molecule is CCC/C=C\C/C=C\CCCCCCCC(=O)OCC(COC(=O)CCCCCCCCCCCCCCCCCCCCCCCCCC)OC(=O)CCCCCCCC/C=C\C/C=C\C/C=C\CCCCC. The van der Waals surface area contributed by atoms with Crippen LogP contribution >= 0.6 is 0 Å². The number of esters is 3. The van der Waals surface area contributed by atoms with Crippen molar-refractivity contribution in [3.63, 3.8) is 0 Å². The average molecular weight is 1040 g/mol. The van der Waals surface area contributed by atoms with Crippen molar-refractivity contribution in [1.82, 2.24) is 0 Å². The predicted molar refractivity (Wildman–Crippen MR) is 321 cm³/mol. The summed E-state index contributed by atoms with van der Waals surface area (Å²) in [7, 11) is 0. The lowest BCUT2D eigenvalue weighted by Crippen LogP contribution is -2.30. The molecule has 0 bridgehead atoms. The topological polar surface area (TPSA) is 78.9 Å². The third-order valence-electron chi connectivity index (χ3n) is 14.2. The van der Waals surface area contributed by atoms with Crippen molar-refractivity contribution >= 4 is 17.9 Å². The van der Waals surface area contributed by atoms with Gasteiger partial charge in [0.1, 0.15) is 13.2 Å². The van der Waals surface area contributed by atoms with Crippen LogP contribution in [0.3, 0.4) is 0 Å². The normalized spacial score (nSPS) is 12.4. The fourth-order valence-corrected chi connectivity index (χ4v) is 9.37. The van der Waals surface area contributed by atoms with Crippen molar-refractivity contribution in [2.45, 2.75) is 341 Å². The van der Waals surface area contributed by atoms with Gasteiger partial charge in [-0.25, -0.2) is 0 Å². The second kappa shape index (κ2) is 62.6. The third kappa shape index (κ3) is 60.0. The molecule has 0 spiro atoms. The molecule has 0 aromatic rings. The highest BCUT2D eigenvalue weighted by molar-refractivity contribution is 5.71. The van der Waals surface area contributed by atoms with Crippen LogP contribution in [0.1, 0.15) is 335 Å². The summed E-state index contributed by atoms with van der Waals surface area (Å²) in [4.78, 5) is 38.3. The van der Waals surface area contributed by atoms with E-state index in [2.05, 4.69) is 81.5 Å². The Labute approximate surface area is 460 Å². The van der Waals surface area contributed by atoms with E-state index >= 15 is 0 Å². The minimum absolute atomic E-state index is 0.0814. The van der Waals surface area contributed by atoms with Gasteiger partial charge in [-0.15, -0.1) is 0 Å². The summed E-state index contributed by atoms with van der Waals surface area (Å²) in [5.74, 6) is -0.892. The van der Waals surface area contributed by atoms with E-state index < -0.39 is 6.10 Å². The number of allylic oxidation sites excluding steroid dienone is 10. The molecule has 0 aliphatic carbocycles. The summed E-state index contributed by atoms with van der Waals surface area (Å²) in [6.07, 6.45) is 79.5. The Bertz CT molecular complexity index is 1330. The van der Waals surface area contributed by atoms with E-state index in [1.54, 1.807) is 0 Å². The van der Waals surface area contributed by atoms with Crippen molar-refractivity contribution in [3.05, 3.63) is 60.8 Å². The minimum atomic E-state index is -0.787. The third-order valence-corrected chi connectivity index (χ3v) is 14.2. The standard InChI is InChI=1S/C68H122O6/c1-4-7-10-13-16-19-22-25-27-29-31-32-33-34-35-37-38-40-43-46-49-52-55-58-61-67(70)73-64-65(63-72-66(69)60-57-54-51-48-45-42-24-21-18-15-12-9-6-3)74-68(71)62-59-56-53-50-47-44-41-39-36-30-28-26-23-20-17-14-11-8-5-2/h12,15,17,20-21,24,26,28,36,39,65H,4-11,13-14,16,18-19,22-23,25,27,29-35,37-38,40-64H2,1-3H3/b15-12-,20-17-,24-21-,28-26-,39-36-. The lowest BCUT2D eigenvalue weighted by Gasteiger charge is -2.18. The molecule has 0 radical (unpaired) electrons. The lowest BCUT2D eigenvalue weighted by molar-refractivity contribution is -0.167. The first-order valence-corrected chi connectivity index (χ1v) is 32.3. The van der Waals surface area contributed by atoms with Gasteiger partial charge in [-0.1, -0.05) is 293 Å². The first kappa shape index (κ1) is 71.1.